The molecule has 0 N–H and O–H groups in total. The molecule has 2 heterocycles. The molecule has 2 fully saturated rings. The van der Waals surface area contributed by atoms with Crippen LogP contribution in [0.4, 0.5) is 0 Å². The van der Waals surface area contributed by atoms with E-state index >= 15 is 0 Å². The van der Waals surface area contributed by atoms with Crippen LogP contribution < -0.4 is 5.46 Å². The third-order valence-corrected chi connectivity index (χ3v) is 4.34. The summed E-state index contributed by atoms with van der Waals surface area (Å²) in [7, 11) is 0.214. The van der Waals surface area contributed by atoms with Crippen LogP contribution in [-0.4, -0.2) is 29.4 Å². The minimum absolute atomic E-state index is 0.214. The van der Waals surface area contributed by atoms with Crippen molar-refractivity contribution in [3.63, 3.8) is 0 Å². The van der Waals surface area contributed by atoms with Crippen LogP contribution in [0.1, 0.15) is 31.7 Å². The van der Waals surface area contributed by atoms with E-state index in [0.29, 0.717) is 12.1 Å². The van der Waals surface area contributed by atoms with Crippen molar-refractivity contribution in [2.45, 2.75) is 38.3 Å². The van der Waals surface area contributed by atoms with Crippen LogP contribution in [0.2, 0.25) is 0 Å². The van der Waals surface area contributed by atoms with Crippen molar-refractivity contribution in [3.05, 3.63) is 29.8 Å². The Morgan fingerprint density at radius 1 is 1.31 bits per heavy atom. The van der Waals surface area contributed by atoms with Gasteiger partial charge in [-0.1, -0.05) is 18.2 Å². The molecule has 16 heavy (non-hydrogen) atoms. The number of fused-ring (bicyclic) bond motifs is 5. The maximum Gasteiger partial charge on any atom is 0.693 e. The zero-order chi connectivity index (χ0) is 10.7. The largest absolute Gasteiger partial charge is 0.693 e. The highest BCUT2D eigenvalue weighted by Crippen LogP contribution is 2.33. The topological polar surface area (TPSA) is 12.2 Å². The molecule has 1 aliphatic carbocycles. The first-order chi connectivity index (χ1) is 7.86. The van der Waals surface area contributed by atoms with Crippen LogP contribution in [0.3, 0.4) is 0 Å². The molecule has 0 bridgehead atoms. The Morgan fingerprint density at radius 2 is 2.19 bits per heavy atom. The average molecular weight is 212 g/mol. The van der Waals surface area contributed by atoms with Gasteiger partial charge in [0.25, 0.3) is 0 Å². The Labute approximate surface area is 96.1 Å². The Hall–Kier alpha value is -1.09. The molecule has 0 aromatic heterocycles. The first-order valence-electron chi connectivity index (χ1n) is 6.23. The molecule has 2 nitrogen and oxygen atoms in total. The van der Waals surface area contributed by atoms with E-state index < -0.39 is 0 Å². The lowest BCUT2D eigenvalue weighted by Crippen LogP contribution is -2.37. The third-order valence-electron chi connectivity index (χ3n) is 4.34. The number of hydrogen-bond donors (Lipinski definition) is 0. The Bertz CT molecular complexity index is 496. The van der Waals surface area contributed by atoms with Gasteiger partial charge in [0, 0.05) is 24.4 Å². The van der Waals surface area contributed by atoms with Crippen LogP contribution >= 0.6 is 0 Å². The number of rotatable bonds is 0. The van der Waals surface area contributed by atoms with Crippen LogP contribution in [0.5, 0.6) is 0 Å². The van der Waals surface area contributed by atoms with Crippen molar-refractivity contribution in [2.24, 2.45) is 0 Å². The highest BCUT2D eigenvalue weighted by Gasteiger charge is 2.59. The van der Waals surface area contributed by atoms with Gasteiger partial charge in [0.15, 0.2) is 11.8 Å². The first-order valence-corrected chi connectivity index (χ1v) is 6.23. The molecule has 2 atom stereocenters. The molecule has 0 unspecified atom stereocenters. The summed E-state index contributed by atoms with van der Waals surface area (Å²) in [5, 5.41) is 0. The second kappa shape index (κ2) is 2.98. The van der Waals surface area contributed by atoms with E-state index in [4.69, 9.17) is 4.65 Å². The van der Waals surface area contributed by atoms with E-state index in [1.165, 1.54) is 36.0 Å². The quantitative estimate of drug-likeness (QED) is 0.588. The fraction of sp³-hybridized carbons (Fsp3) is 0.462. The molecule has 1 aromatic rings. The summed E-state index contributed by atoms with van der Waals surface area (Å²) in [4.78, 5) is 0. The van der Waals surface area contributed by atoms with Gasteiger partial charge >= 0.3 is 7.05 Å². The second-order valence-electron chi connectivity index (χ2n) is 5.11. The molecule has 80 valence electrons. The molecule has 4 rings (SSSR count). The first kappa shape index (κ1) is 9.00. The number of nitrogens with zero attached hydrogens (tertiary/aromatic N) is 1. The van der Waals surface area contributed by atoms with Gasteiger partial charge in [0.05, 0.1) is 0 Å². The molecule has 3 aliphatic rings. The minimum Gasteiger partial charge on any atom is -0.360 e. The minimum atomic E-state index is 0.214. The van der Waals surface area contributed by atoms with Gasteiger partial charge in [-0.3, -0.25) is 4.49 Å². The van der Waals surface area contributed by atoms with Gasteiger partial charge < -0.3 is 4.65 Å². The molecule has 2 aliphatic heterocycles. The fourth-order valence-corrected chi connectivity index (χ4v) is 3.62. The summed E-state index contributed by atoms with van der Waals surface area (Å²) in [6.45, 7) is 2.24. The van der Waals surface area contributed by atoms with Crippen molar-refractivity contribution in [3.8, 4) is 0 Å². The molecule has 0 radical (unpaired) electrons. The third kappa shape index (κ3) is 0.951. The molecular weight excluding hydrogens is 197 g/mol. The lowest BCUT2D eigenvalue weighted by Gasteiger charge is -2.06. The summed E-state index contributed by atoms with van der Waals surface area (Å²) in [6.07, 6.45) is 4.34. The Balaban J connectivity index is 1.89. The van der Waals surface area contributed by atoms with E-state index in [0.717, 1.165) is 0 Å². The van der Waals surface area contributed by atoms with E-state index in [1.54, 1.807) is 0 Å². The van der Waals surface area contributed by atoms with Crippen LogP contribution in [0.25, 0.3) is 0 Å². The second-order valence-corrected chi connectivity index (χ2v) is 5.11. The summed E-state index contributed by atoms with van der Waals surface area (Å²) in [6, 6.07) is 9.31. The highest BCUT2D eigenvalue weighted by atomic mass is 16.5. The highest BCUT2D eigenvalue weighted by molar-refractivity contribution is 6.65. The van der Waals surface area contributed by atoms with Crippen molar-refractivity contribution in [1.82, 2.24) is 0 Å². The van der Waals surface area contributed by atoms with Crippen molar-refractivity contribution < 1.29 is 9.14 Å². The number of hydrogen-bond acceptors (Lipinski definition) is 1. The molecule has 3 heteroatoms. The van der Waals surface area contributed by atoms with Crippen molar-refractivity contribution in [2.75, 3.05) is 0 Å². The summed E-state index contributed by atoms with van der Waals surface area (Å²) >= 11 is 0. The van der Waals surface area contributed by atoms with Crippen molar-refractivity contribution >= 4 is 18.2 Å². The predicted molar refractivity (Wildman–Crippen MR) is 64.4 cm³/mol. The van der Waals surface area contributed by atoms with Gasteiger partial charge in [-0.2, -0.15) is 0 Å². The normalized spacial score (nSPS) is 30.7. The van der Waals surface area contributed by atoms with Gasteiger partial charge in [-0.25, -0.2) is 0 Å². The molecule has 0 amide bonds. The lowest BCUT2D eigenvalue weighted by molar-refractivity contribution is -0.421. The summed E-state index contributed by atoms with van der Waals surface area (Å²) in [5.74, 6) is 0. The van der Waals surface area contributed by atoms with E-state index in [1.807, 2.05) is 0 Å². The molecule has 1 saturated carbocycles. The monoisotopic (exact) mass is 212 g/mol. The van der Waals surface area contributed by atoms with E-state index in [9.17, 15) is 0 Å². The zero-order valence-corrected chi connectivity index (χ0v) is 9.52. The zero-order valence-electron chi connectivity index (χ0n) is 9.52. The standard InChI is InChI=1S/C13H15BNO/c1-9-10-5-2-3-6-11(10)14-15(9)12-7-4-8-13(12)16-14/h2-3,5-6,12-13H,4,7-8H2,1H3/q+1/t12-,13+/m0/s1. The Morgan fingerprint density at radius 3 is 3.12 bits per heavy atom. The lowest BCUT2D eigenvalue weighted by atomic mass is 9.74. The van der Waals surface area contributed by atoms with Crippen LogP contribution in [0, 0.1) is 0 Å². The Kier molecular flexibility index (Phi) is 1.68. The fourth-order valence-electron chi connectivity index (χ4n) is 3.62. The van der Waals surface area contributed by atoms with E-state index in [-0.39, 0.29) is 7.05 Å². The predicted octanol–water partition coefficient (Wildman–Crippen LogP) is 1.17. The van der Waals surface area contributed by atoms with Gasteiger partial charge in [-0.05, 0) is 18.9 Å². The van der Waals surface area contributed by atoms with Gasteiger partial charge in [0.1, 0.15) is 6.10 Å². The molecule has 1 saturated heterocycles. The van der Waals surface area contributed by atoms with Gasteiger partial charge in [0.2, 0.25) is 0 Å². The molecule has 1 aromatic carbocycles. The smallest absolute Gasteiger partial charge is 0.360 e. The maximum atomic E-state index is 6.21. The van der Waals surface area contributed by atoms with Crippen LogP contribution in [-0.2, 0) is 4.65 Å². The SMILES string of the molecule is CC1=[N+]2B(O[C@@H]3CCC[C@@H]32)c2ccccc21. The van der Waals surface area contributed by atoms with Crippen LogP contribution in [0.15, 0.2) is 24.3 Å². The van der Waals surface area contributed by atoms with Crippen molar-refractivity contribution in [1.29, 1.82) is 0 Å². The molecule has 0 spiro atoms. The average Bonchev–Trinajstić information content (AvgIpc) is 2.92. The summed E-state index contributed by atoms with van der Waals surface area (Å²) in [5.41, 5.74) is 4.17. The number of benzene rings is 1. The van der Waals surface area contributed by atoms with Gasteiger partial charge in [-0.15, -0.1) is 0 Å². The molecular formula is C13H15BNO+. The summed E-state index contributed by atoms with van der Waals surface area (Å²) < 4.78 is 8.73. The van der Waals surface area contributed by atoms with E-state index in [2.05, 4.69) is 35.7 Å². The maximum absolute atomic E-state index is 6.21.